The van der Waals surface area contributed by atoms with Gasteiger partial charge in [-0.05, 0) is 12.1 Å². The lowest BCUT2D eigenvalue weighted by Gasteiger charge is -2.13. The Morgan fingerprint density at radius 3 is 2.74 bits per heavy atom. The number of nitrogen functional groups attached to an aromatic ring is 1. The summed E-state index contributed by atoms with van der Waals surface area (Å²) in [5, 5.41) is 13.8. The highest BCUT2D eigenvalue weighted by atomic mass is 32.1. The minimum atomic E-state index is -0.0952. The Kier molecular flexibility index (Phi) is 2.53. The zero-order chi connectivity index (χ0) is 13.6. The van der Waals surface area contributed by atoms with Crippen LogP contribution in [0.25, 0.3) is 15.5 Å². The standard InChI is InChI=1S/C12H14N6S/c1-12(2,3)10-15-16-11-18(10)17-9(19-11)7-4-5-14-8(13)6-7/h4-6H,1-3H3,(H2,13,14). The maximum atomic E-state index is 5.70. The number of nitrogens with zero attached hydrogens (tertiary/aromatic N) is 5. The van der Waals surface area contributed by atoms with Crippen LogP contribution >= 0.6 is 11.3 Å². The van der Waals surface area contributed by atoms with Gasteiger partial charge in [-0.25, -0.2) is 4.98 Å². The molecule has 0 aliphatic heterocycles. The monoisotopic (exact) mass is 274 g/mol. The topological polar surface area (TPSA) is 82.0 Å². The molecule has 0 bridgehead atoms. The second-order valence-electron chi connectivity index (χ2n) is 5.34. The minimum absolute atomic E-state index is 0.0952. The molecule has 0 saturated carbocycles. The van der Waals surface area contributed by atoms with Crippen LogP contribution in [0.2, 0.25) is 0 Å². The van der Waals surface area contributed by atoms with Gasteiger partial charge >= 0.3 is 0 Å². The Bertz CT molecular complexity index is 736. The van der Waals surface area contributed by atoms with Gasteiger partial charge in [-0.2, -0.15) is 9.61 Å². The van der Waals surface area contributed by atoms with Crippen molar-refractivity contribution in [3.05, 3.63) is 24.2 Å². The summed E-state index contributed by atoms with van der Waals surface area (Å²) >= 11 is 1.49. The van der Waals surface area contributed by atoms with Crippen molar-refractivity contribution in [2.45, 2.75) is 26.2 Å². The largest absolute Gasteiger partial charge is 0.384 e. The van der Waals surface area contributed by atoms with Crippen LogP contribution in [0.5, 0.6) is 0 Å². The van der Waals surface area contributed by atoms with Crippen molar-refractivity contribution in [2.24, 2.45) is 0 Å². The highest BCUT2D eigenvalue weighted by Crippen LogP contribution is 2.28. The summed E-state index contributed by atoms with van der Waals surface area (Å²) < 4.78 is 1.80. The van der Waals surface area contributed by atoms with Gasteiger partial charge in [0.25, 0.3) is 0 Å². The summed E-state index contributed by atoms with van der Waals surface area (Å²) in [4.78, 5) is 4.77. The van der Waals surface area contributed by atoms with E-state index in [0.29, 0.717) is 5.82 Å². The molecular formula is C12H14N6S. The Balaban J connectivity index is 2.15. The predicted molar refractivity (Wildman–Crippen MR) is 75.0 cm³/mol. The van der Waals surface area contributed by atoms with Crippen LogP contribution in [0.4, 0.5) is 5.82 Å². The van der Waals surface area contributed by atoms with E-state index in [-0.39, 0.29) is 5.41 Å². The lowest BCUT2D eigenvalue weighted by Crippen LogP contribution is -2.16. The van der Waals surface area contributed by atoms with Crippen molar-refractivity contribution >= 4 is 22.1 Å². The van der Waals surface area contributed by atoms with Gasteiger partial charge in [-0.15, -0.1) is 10.2 Å². The smallest absolute Gasteiger partial charge is 0.235 e. The molecule has 0 radical (unpaired) electrons. The second-order valence-corrected chi connectivity index (χ2v) is 6.30. The molecule has 19 heavy (non-hydrogen) atoms. The van der Waals surface area contributed by atoms with E-state index in [4.69, 9.17) is 5.73 Å². The van der Waals surface area contributed by atoms with E-state index in [1.54, 1.807) is 10.7 Å². The van der Waals surface area contributed by atoms with Gasteiger partial charge in [-0.1, -0.05) is 32.1 Å². The molecule has 0 fully saturated rings. The molecule has 0 unspecified atom stereocenters. The number of hydrogen-bond donors (Lipinski definition) is 1. The van der Waals surface area contributed by atoms with Crippen LogP contribution in [0.15, 0.2) is 18.3 Å². The molecule has 2 N–H and O–H groups in total. The molecule has 0 aliphatic carbocycles. The SMILES string of the molecule is CC(C)(C)c1nnc2sc(-c3ccnc(N)c3)nn12. The highest BCUT2D eigenvalue weighted by Gasteiger charge is 2.23. The lowest BCUT2D eigenvalue weighted by molar-refractivity contribution is 0.528. The quantitative estimate of drug-likeness (QED) is 0.735. The van der Waals surface area contributed by atoms with E-state index >= 15 is 0 Å². The number of anilines is 1. The molecule has 3 rings (SSSR count). The molecule has 0 aliphatic rings. The van der Waals surface area contributed by atoms with Gasteiger partial charge in [0.05, 0.1) is 0 Å². The van der Waals surface area contributed by atoms with Crippen molar-refractivity contribution < 1.29 is 0 Å². The molecular weight excluding hydrogens is 260 g/mol. The van der Waals surface area contributed by atoms with Gasteiger partial charge in [0.1, 0.15) is 10.8 Å². The van der Waals surface area contributed by atoms with E-state index in [1.807, 2.05) is 12.1 Å². The molecule has 0 amide bonds. The average Bonchev–Trinajstić information content (AvgIpc) is 2.85. The Morgan fingerprint density at radius 1 is 1.26 bits per heavy atom. The first kappa shape index (κ1) is 12.0. The minimum Gasteiger partial charge on any atom is -0.384 e. The summed E-state index contributed by atoms with van der Waals surface area (Å²) in [6, 6.07) is 3.70. The Hall–Kier alpha value is -2.02. The van der Waals surface area contributed by atoms with Crippen LogP contribution in [0.1, 0.15) is 26.6 Å². The number of pyridine rings is 1. The third kappa shape index (κ3) is 2.06. The first-order valence-electron chi connectivity index (χ1n) is 5.90. The van der Waals surface area contributed by atoms with Gasteiger partial charge in [0.15, 0.2) is 5.82 Å². The predicted octanol–water partition coefficient (Wildman–Crippen LogP) is 2.13. The fourth-order valence-electron chi connectivity index (χ4n) is 1.78. The normalized spacial score (nSPS) is 12.2. The first-order valence-corrected chi connectivity index (χ1v) is 6.71. The molecule has 0 saturated heterocycles. The van der Waals surface area contributed by atoms with Crippen LogP contribution in [0.3, 0.4) is 0 Å². The van der Waals surface area contributed by atoms with Crippen molar-refractivity contribution in [1.82, 2.24) is 24.8 Å². The van der Waals surface area contributed by atoms with Crippen molar-refractivity contribution in [2.75, 3.05) is 5.73 Å². The van der Waals surface area contributed by atoms with Crippen LogP contribution in [-0.2, 0) is 5.41 Å². The molecule has 0 atom stereocenters. The number of rotatable bonds is 1. The summed E-state index contributed by atoms with van der Waals surface area (Å²) in [7, 11) is 0. The third-order valence-corrected chi connectivity index (χ3v) is 3.64. The Labute approximate surface area is 114 Å². The maximum Gasteiger partial charge on any atom is 0.235 e. The average molecular weight is 274 g/mol. The Morgan fingerprint density at radius 2 is 2.05 bits per heavy atom. The molecule has 3 aromatic rings. The highest BCUT2D eigenvalue weighted by molar-refractivity contribution is 7.19. The zero-order valence-electron chi connectivity index (χ0n) is 11.0. The number of hydrogen-bond acceptors (Lipinski definition) is 6. The molecule has 6 nitrogen and oxygen atoms in total. The van der Waals surface area contributed by atoms with Gasteiger partial charge in [-0.3, -0.25) is 0 Å². The van der Waals surface area contributed by atoms with Crippen molar-refractivity contribution in [3.63, 3.8) is 0 Å². The third-order valence-electron chi connectivity index (χ3n) is 2.69. The summed E-state index contributed by atoms with van der Waals surface area (Å²) in [5.74, 6) is 1.34. The summed E-state index contributed by atoms with van der Waals surface area (Å²) in [6.07, 6.45) is 1.68. The molecule has 0 aromatic carbocycles. The second kappa shape index (κ2) is 3.99. The van der Waals surface area contributed by atoms with Gasteiger partial charge in [0, 0.05) is 17.2 Å². The van der Waals surface area contributed by atoms with E-state index in [1.165, 1.54) is 11.3 Å². The number of fused-ring (bicyclic) bond motifs is 1. The van der Waals surface area contributed by atoms with Gasteiger partial charge < -0.3 is 5.73 Å². The fraction of sp³-hybridized carbons (Fsp3) is 0.333. The van der Waals surface area contributed by atoms with E-state index in [0.717, 1.165) is 21.4 Å². The van der Waals surface area contributed by atoms with Crippen molar-refractivity contribution in [1.29, 1.82) is 0 Å². The molecule has 3 aromatic heterocycles. The fourth-order valence-corrected chi connectivity index (χ4v) is 2.62. The molecule has 98 valence electrons. The van der Waals surface area contributed by atoms with Crippen molar-refractivity contribution in [3.8, 4) is 10.6 Å². The van der Waals surface area contributed by atoms with E-state index in [9.17, 15) is 0 Å². The first-order chi connectivity index (χ1) is 8.95. The molecule has 7 heteroatoms. The maximum absolute atomic E-state index is 5.70. The molecule has 0 spiro atoms. The summed E-state index contributed by atoms with van der Waals surface area (Å²) in [6.45, 7) is 6.27. The van der Waals surface area contributed by atoms with Crippen LogP contribution in [-0.4, -0.2) is 24.8 Å². The zero-order valence-corrected chi connectivity index (χ0v) is 11.8. The summed E-state index contributed by atoms with van der Waals surface area (Å²) in [5.41, 5.74) is 6.55. The lowest BCUT2D eigenvalue weighted by atomic mass is 9.96. The van der Waals surface area contributed by atoms with Crippen LogP contribution < -0.4 is 5.73 Å². The van der Waals surface area contributed by atoms with Gasteiger partial charge in [0.2, 0.25) is 4.96 Å². The molecule has 3 heterocycles. The number of nitrogens with two attached hydrogens (primary N) is 1. The van der Waals surface area contributed by atoms with Crippen LogP contribution in [0, 0.1) is 0 Å². The van der Waals surface area contributed by atoms with E-state index in [2.05, 4.69) is 41.1 Å². The van der Waals surface area contributed by atoms with E-state index < -0.39 is 0 Å². The number of aromatic nitrogens is 5.